The van der Waals surface area contributed by atoms with Gasteiger partial charge in [-0.15, -0.1) is 0 Å². The maximum absolute atomic E-state index is 15.1. The number of nitrogens with zero attached hydrogens (tertiary/aromatic N) is 2. The Morgan fingerprint density at radius 1 is 0.920 bits per heavy atom. The van der Waals surface area contributed by atoms with Crippen molar-refractivity contribution in [1.82, 2.24) is 4.98 Å². The molecule has 0 saturated heterocycles. The Hall–Kier alpha value is -6.75. The Balaban J connectivity index is 1.47. The van der Waals surface area contributed by atoms with Crippen LogP contribution >= 0.6 is 0 Å². The van der Waals surface area contributed by atoms with Gasteiger partial charge in [-0.2, -0.15) is 0 Å². The van der Waals surface area contributed by atoms with E-state index in [9.17, 15) is 24.6 Å². The van der Waals surface area contributed by atoms with E-state index in [1.807, 2.05) is 65.0 Å². The SMILES string of the molecule is CO[C@H]1/C=C/O[C@@]2(C)Oc3c(C)c(=O)c4c(O)c(c5oc6cc(OCC[N+](C)(C)C(C)(C)C)cc(OCc7ccccc7)c6nc5c4c3C2=O)NC(=O)/C(C)=C\C=C\[C@H](C)[C@H](O)[C@@H](C)[C@@H](C)[C@@H](C)[C@H](OC(C)=O)[C@@H]1C. The highest BCUT2D eigenvalue weighted by molar-refractivity contribution is 6.26. The molecule has 3 heterocycles. The first-order valence-corrected chi connectivity index (χ1v) is 25.6. The van der Waals surface area contributed by atoms with Gasteiger partial charge < -0.3 is 52.9 Å². The molecule has 4 bridgehead atoms. The first-order chi connectivity index (χ1) is 35.2. The second-order valence-electron chi connectivity index (χ2n) is 22.1. The number of phenolic OH excluding ortho intramolecular Hbond substituents is 1. The first kappa shape index (κ1) is 56.0. The molecule has 75 heavy (non-hydrogen) atoms. The van der Waals surface area contributed by atoms with Crippen LogP contribution in [0.1, 0.15) is 97.6 Å². The number of carbonyl (C=O) groups is 3. The molecule has 16 heteroatoms. The summed E-state index contributed by atoms with van der Waals surface area (Å²) in [5.41, 5.74) is -0.0325. The smallest absolute Gasteiger partial charge is 0.312 e. The number of phenols is 1. The molecule has 2 aliphatic rings. The number of aromatic nitrogens is 1. The number of allylic oxidation sites excluding steroid dienone is 2. The molecule has 9 atom stereocenters. The van der Waals surface area contributed by atoms with E-state index in [1.165, 1.54) is 34.1 Å². The van der Waals surface area contributed by atoms with Gasteiger partial charge in [-0.05, 0) is 64.0 Å². The van der Waals surface area contributed by atoms with Crippen LogP contribution in [0.25, 0.3) is 33.0 Å². The zero-order chi connectivity index (χ0) is 55.1. The molecular weight excluding hydrogens is 959 g/mol. The third-order valence-corrected chi connectivity index (χ3v) is 15.9. The van der Waals surface area contributed by atoms with Crippen molar-refractivity contribution >= 4 is 56.3 Å². The maximum atomic E-state index is 15.1. The average Bonchev–Trinajstić information content (AvgIpc) is 3.62. The fraction of sp³-hybridized carbons (Fsp3) is 0.475. The molecule has 3 N–H and O–H groups in total. The topological polar surface area (TPSA) is 202 Å². The maximum Gasteiger partial charge on any atom is 0.312 e. The van der Waals surface area contributed by atoms with Crippen LogP contribution < -0.4 is 25.0 Å². The number of aliphatic hydroxyl groups excluding tert-OH is 1. The molecule has 0 aliphatic carbocycles. The normalized spacial score (nSPS) is 26.6. The standard InChI is InChI=1S/C59H73N3O13/c1-31-20-19-21-32(2)57(68)61-49-52(66)45-44(48-55(49)74-43-29-40(70-27-25-62(13,14)58(9,10)11)28-42(47(43)60-48)71-30-39-22-17-16-18-23-39)46-54(37(7)51(45)65)75-59(12,56(46)67)72-26-24-41(69-15)36(6)53(73-38(8)63)35(5)33(3)34(4)50(31)64/h16-24,26,28-29,31,33-36,41,50,53,64H,25,27,30H2,1-15H3,(H-,60,61,65,66,67,68)/p+1/b20-19+,26-24+,32-21-/t31-,33+,34-,35+,36+,41-,50-,53-,59-/m0/s1. The van der Waals surface area contributed by atoms with Crippen LogP contribution in [-0.4, -0.2) is 101 Å². The van der Waals surface area contributed by atoms with Crippen LogP contribution in [0.4, 0.5) is 5.69 Å². The number of methoxy groups -OCH3 is 1. The second-order valence-corrected chi connectivity index (χ2v) is 22.1. The van der Waals surface area contributed by atoms with E-state index in [2.05, 4.69) is 40.2 Å². The van der Waals surface area contributed by atoms with Crippen LogP contribution in [0.15, 0.2) is 87.8 Å². The van der Waals surface area contributed by atoms with Gasteiger partial charge in [0.25, 0.3) is 11.7 Å². The molecule has 2 aliphatic heterocycles. The Morgan fingerprint density at radius 2 is 1.61 bits per heavy atom. The predicted octanol–water partition coefficient (Wildman–Crippen LogP) is 10.1. The molecular formula is C59H74N3O13+. The Kier molecular flexibility index (Phi) is 16.3. The van der Waals surface area contributed by atoms with Gasteiger partial charge in [-0.1, -0.05) is 83.2 Å². The van der Waals surface area contributed by atoms with E-state index < -0.39 is 58.9 Å². The highest BCUT2D eigenvalue weighted by Crippen LogP contribution is 2.49. The molecule has 4 aromatic carbocycles. The van der Waals surface area contributed by atoms with E-state index in [1.54, 1.807) is 43.4 Å². The number of hydrogen-bond acceptors (Lipinski definition) is 14. The molecule has 16 nitrogen and oxygen atoms in total. The number of rotatable bonds is 9. The van der Waals surface area contributed by atoms with Crippen LogP contribution in [0.3, 0.4) is 0 Å². The highest BCUT2D eigenvalue weighted by atomic mass is 16.7. The van der Waals surface area contributed by atoms with E-state index in [-0.39, 0.29) is 103 Å². The van der Waals surface area contributed by atoms with Crippen molar-refractivity contribution in [3.63, 3.8) is 0 Å². The van der Waals surface area contributed by atoms with Crippen molar-refractivity contribution in [2.45, 2.75) is 119 Å². The third-order valence-electron chi connectivity index (χ3n) is 15.9. The monoisotopic (exact) mass is 1030 g/mol. The molecule has 0 unspecified atom stereocenters. The largest absolute Gasteiger partial charge is 0.505 e. The number of likely N-dealkylation sites (N-methyl/N-ethyl adjacent to an activating group) is 1. The number of amides is 1. The van der Waals surface area contributed by atoms with Crippen LogP contribution in [0.5, 0.6) is 23.0 Å². The van der Waals surface area contributed by atoms with Gasteiger partial charge in [0.15, 0.2) is 28.1 Å². The van der Waals surface area contributed by atoms with Crippen molar-refractivity contribution in [1.29, 1.82) is 0 Å². The van der Waals surface area contributed by atoms with Gasteiger partial charge in [0.1, 0.15) is 54.1 Å². The number of ether oxygens (including phenoxy) is 6. The third kappa shape index (κ3) is 11.1. The summed E-state index contributed by atoms with van der Waals surface area (Å²) in [5.74, 6) is -5.58. The number of benzene rings is 4. The lowest BCUT2D eigenvalue weighted by Crippen LogP contribution is -2.55. The number of aromatic hydroxyl groups is 1. The number of nitrogens with one attached hydrogen (secondary N) is 1. The van der Waals surface area contributed by atoms with E-state index in [0.29, 0.717) is 23.4 Å². The molecule has 402 valence electrons. The molecule has 0 saturated carbocycles. The molecule has 7 rings (SSSR count). The number of Topliss-reactive ketones (excluding diaryl/α,β-unsaturated/α-hetero) is 1. The minimum atomic E-state index is -2.06. The zero-order valence-corrected chi connectivity index (χ0v) is 45.9. The molecule has 0 spiro atoms. The summed E-state index contributed by atoms with van der Waals surface area (Å²) in [7, 11) is 5.77. The molecule has 5 aromatic rings. The zero-order valence-electron chi connectivity index (χ0n) is 45.9. The van der Waals surface area contributed by atoms with Gasteiger partial charge in [-0.3, -0.25) is 19.2 Å². The minimum Gasteiger partial charge on any atom is -0.505 e. The number of quaternary nitrogens is 1. The molecule has 1 amide bonds. The van der Waals surface area contributed by atoms with E-state index in [4.69, 9.17) is 37.8 Å². The quantitative estimate of drug-likeness (QED) is 0.0414. The van der Waals surface area contributed by atoms with E-state index >= 15 is 4.79 Å². The summed E-state index contributed by atoms with van der Waals surface area (Å²) in [6, 6.07) is 12.9. The fourth-order valence-corrected chi connectivity index (χ4v) is 9.72. The van der Waals surface area contributed by atoms with Gasteiger partial charge in [0.05, 0.1) is 49.1 Å². The number of hydrogen-bond donors (Lipinski definition) is 3. The van der Waals surface area contributed by atoms with Crippen LogP contribution in [0, 0.1) is 36.5 Å². The lowest BCUT2D eigenvalue weighted by atomic mass is 9.73. The first-order valence-electron chi connectivity index (χ1n) is 25.6. The van der Waals surface area contributed by atoms with Crippen molar-refractivity contribution < 1.29 is 61.9 Å². The summed E-state index contributed by atoms with van der Waals surface area (Å²) in [6.07, 6.45) is 5.69. The average molecular weight is 1030 g/mol. The van der Waals surface area contributed by atoms with E-state index in [0.717, 1.165) is 5.56 Å². The highest BCUT2D eigenvalue weighted by Gasteiger charge is 2.50. The lowest BCUT2D eigenvalue weighted by Gasteiger charge is -2.42. The van der Waals surface area contributed by atoms with Crippen molar-refractivity contribution in [2.24, 2.45) is 29.6 Å². The summed E-state index contributed by atoms with van der Waals surface area (Å²) in [5, 5.41) is 26.5. The minimum absolute atomic E-state index is 0.0123. The Bertz CT molecular complexity index is 3150. The molecule has 0 radical (unpaired) electrons. The number of carbonyl (C=O) groups excluding carboxylic acids is 3. The van der Waals surface area contributed by atoms with Crippen LogP contribution in [-0.2, 0) is 30.4 Å². The summed E-state index contributed by atoms with van der Waals surface area (Å²) >= 11 is 0. The van der Waals surface area contributed by atoms with Gasteiger partial charge in [-0.25, -0.2) is 4.98 Å². The molecule has 0 fully saturated rings. The number of ketones is 1. The van der Waals surface area contributed by atoms with Crippen molar-refractivity contribution in [3.05, 3.63) is 106 Å². The summed E-state index contributed by atoms with van der Waals surface area (Å²) in [6.45, 7) is 23.1. The van der Waals surface area contributed by atoms with Gasteiger partial charge in [0.2, 0.25) is 0 Å². The number of anilines is 1. The van der Waals surface area contributed by atoms with Crippen molar-refractivity contribution in [2.75, 3.05) is 39.7 Å². The number of fused-ring (bicyclic) bond motifs is 2. The summed E-state index contributed by atoms with van der Waals surface area (Å²) in [4.78, 5) is 61.8. The second kappa shape index (κ2) is 21.8. The summed E-state index contributed by atoms with van der Waals surface area (Å²) < 4.78 is 44.8. The van der Waals surface area contributed by atoms with Crippen LogP contribution in [0.2, 0.25) is 0 Å². The lowest BCUT2D eigenvalue weighted by molar-refractivity contribution is -0.935. The molecule has 1 aromatic heterocycles. The Morgan fingerprint density at radius 3 is 2.27 bits per heavy atom. The number of aliphatic hydroxyl groups is 1. The van der Waals surface area contributed by atoms with Gasteiger partial charge in [0, 0.05) is 61.4 Å². The fourth-order valence-electron chi connectivity index (χ4n) is 9.72. The number of esters is 1. The van der Waals surface area contributed by atoms with Crippen molar-refractivity contribution in [3.8, 4) is 23.0 Å². The predicted molar refractivity (Wildman–Crippen MR) is 288 cm³/mol. The Labute approximate surface area is 438 Å². The van der Waals surface area contributed by atoms with Gasteiger partial charge >= 0.3 is 11.8 Å².